The molecule has 10 heteroatoms. The van der Waals surface area contributed by atoms with E-state index in [0.717, 1.165) is 15.9 Å². The maximum Gasteiger partial charge on any atom is 0.338 e. The van der Waals surface area contributed by atoms with Gasteiger partial charge in [0, 0.05) is 11.1 Å². The van der Waals surface area contributed by atoms with Crippen molar-refractivity contribution in [1.29, 1.82) is 0 Å². The van der Waals surface area contributed by atoms with E-state index in [1.54, 1.807) is 32.9 Å². The number of esters is 2. The average molecular weight is 527 g/mol. The molecule has 1 aliphatic rings. The second-order valence-corrected chi connectivity index (χ2v) is 9.45. The number of carbonyl (C=O) groups excluding carboxylic acids is 2. The number of rotatable bonds is 6. The van der Waals surface area contributed by atoms with Crippen molar-refractivity contribution in [2.24, 2.45) is 5.73 Å². The summed E-state index contributed by atoms with van der Waals surface area (Å²) in [5.74, 6) is -4.64. The summed E-state index contributed by atoms with van der Waals surface area (Å²) in [4.78, 5) is 40.1. The summed E-state index contributed by atoms with van der Waals surface area (Å²) in [7, 11) is 0. The number of nitrogens with zero attached hydrogens (tertiary/aromatic N) is 1. The van der Waals surface area contributed by atoms with Gasteiger partial charge in [-0.15, -0.1) is 11.3 Å². The van der Waals surface area contributed by atoms with E-state index in [9.17, 15) is 18.8 Å². The van der Waals surface area contributed by atoms with E-state index in [-0.39, 0.29) is 43.9 Å². The maximum atomic E-state index is 15.1. The summed E-state index contributed by atoms with van der Waals surface area (Å²) in [5, 5.41) is 0. The van der Waals surface area contributed by atoms with E-state index < -0.39 is 41.2 Å². The highest BCUT2D eigenvalue weighted by Crippen LogP contribution is 2.39. The Morgan fingerprint density at radius 2 is 1.70 bits per heavy atom. The average Bonchev–Trinajstić information content (AvgIpc) is 3.16. The quantitative estimate of drug-likeness (QED) is 0.496. The normalized spacial score (nSPS) is 15.7. The molecule has 1 aromatic heterocycles. The first-order chi connectivity index (χ1) is 17.6. The van der Waals surface area contributed by atoms with Crippen molar-refractivity contribution in [3.8, 4) is 0 Å². The van der Waals surface area contributed by atoms with E-state index in [2.05, 4.69) is 0 Å². The molecule has 0 fully saturated rings. The number of hydrogen-bond donors (Lipinski definition) is 1. The number of aromatic nitrogens is 1. The summed E-state index contributed by atoms with van der Waals surface area (Å²) < 4.78 is 41.2. The van der Waals surface area contributed by atoms with Crippen LogP contribution in [0.2, 0.25) is 0 Å². The predicted octanol–water partition coefficient (Wildman–Crippen LogP) is 2.61. The summed E-state index contributed by atoms with van der Waals surface area (Å²) in [5.41, 5.74) is 5.40. The van der Waals surface area contributed by atoms with Gasteiger partial charge in [-0.25, -0.2) is 18.4 Å². The molecule has 2 heterocycles. The molecule has 2 N–H and O–H groups in total. The van der Waals surface area contributed by atoms with E-state index in [0.29, 0.717) is 0 Å². The molecule has 0 bridgehead atoms. The van der Waals surface area contributed by atoms with Crippen LogP contribution in [0.5, 0.6) is 0 Å². The second-order valence-electron chi connectivity index (χ2n) is 8.42. The van der Waals surface area contributed by atoms with Crippen LogP contribution in [0.1, 0.15) is 37.8 Å². The molecule has 0 saturated heterocycles. The van der Waals surface area contributed by atoms with Crippen molar-refractivity contribution < 1.29 is 27.8 Å². The first kappa shape index (κ1) is 26.0. The van der Waals surface area contributed by atoms with Gasteiger partial charge in [-0.1, -0.05) is 36.4 Å². The smallest absolute Gasteiger partial charge is 0.338 e. The third kappa shape index (κ3) is 4.84. The van der Waals surface area contributed by atoms with Crippen LogP contribution in [0.25, 0.3) is 17.5 Å². The number of carbonyl (C=O) groups is 2. The third-order valence-corrected chi connectivity index (χ3v) is 6.72. The highest BCUT2D eigenvalue weighted by molar-refractivity contribution is 7.07. The molecular weight excluding hydrogens is 502 g/mol. The number of nitrogens with two attached hydrogens (primary N) is 1. The molecular formula is C27H24F2N2O5S. The molecule has 7 nitrogen and oxygen atoms in total. The number of ether oxygens (including phenoxy) is 2. The van der Waals surface area contributed by atoms with E-state index in [1.165, 1.54) is 42.5 Å². The zero-order valence-electron chi connectivity index (χ0n) is 20.3. The molecule has 0 aliphatic carbocycles. The van der Waals surface area contributed by atoms with Crippen LogP contribution in [0.15, 0.2) is 58.9 Å². The molecule has 3 aromatic rings. The van der Waals surface area contributed by atoms with Crippen molar-refractivity contribution in [3.63, 3.8) is 0 Å². The topological polar surface area (TPSA) is 101 Å². The molecule has 0 radical (unpaired) electrons. The Labute approximate surface area is 214 Å². The fraction of sp³-hybridized carbons (Fsp3) is 0.222. The lowest BCUT2D eigenvalue weighted by Gasteiger charge is -2.27. The first-order valence-electron chi connectivity index (χ1n) is 11.5. The number of thiazole rings is 1. The van der Waals surface area contributed by atoms with Gasteiger partial charge in [0.25, 0.3) is 5.56 Å². The second kappa shape index (κ2) is 10.5. The lowest BCUT2D eigenvalue weighted by molar-refractivity contribution is -0.140. The molecule has 192 valence electrons. The summed E-state index contributed by atoms with van der Waals surface area (Å²) >= 11 is 0.866. The van der Waals surface area contributed by atoms with Crippen molar-refractivity contribution in [1.82, 2.24) is 4.57 Å². The van der Waals surface area contributed by atoms with Crippen LogP contribution in [0.4, 0.5) is 8.78 Å². The van der Waals surface area contributed by atoms with Gasteiger partial charge < -0.3 is 15.2 Å². The molecule has 0 amide bonds. The Kier molecular flexibility index (Phi) is 7.40. The van der Waals surface area contributed by atoms with Crippen LogP contribution >= 0.6 is 11.3 Å². The zero-order chi connectivity index (χ0) is 26.9. The minimum absolute atomic E-state index is 0.0176. The standard InChI is InChI=1S/C27H24F2N2O5S/c1-4-35-26(33)21-20(16-10-6-8-12-18(16)29)22(27(34)36-14(2)3)25-31(23(21)30)24(32)19(37-25)13-15-9-5-7-11-17(15)28/h5-14,20H,4,30H2,1-3H3/b19-13-/t20-/m1/s1. The van der Waals surface area contributed by atoms with E-state index in [1.807, 2.05) is 0 Å². The molecule has 4 rings (SSSR count). The van der Waals surface area contributed by atoms with Crippen LogP contribution in [0.3, 0.4) is 0 Å². The van der Waals surface area contributed by atoms with Gasteiger partial charge in [0.05, 0.1) is 34.3 Å². The molecule has 1 aliphatic heterocycles. The Morgan fingerprint density at radius 1 is 1.05 bits per heavy atom. The van der Waals surface area contributed by atoms with Gasteiger partial charge in [0.2, 0.25) is 0 Å². The van der Waals surface area contributed by atoms with Crippen LogP contribution in [-0.4, -0.2) is 29.2 Å². The van der Waals surface area contributed by atoms with Crippen LogP contribution in [0, 0.1) is 11.6 Å². The third-order valence-electron chi connectivity index (χ3n) is 5.61. The van der Waals surface area contributed by atoms with Gasteiger partial charge in [0.15, 0.2) is 0 Å². The maximum absolute atomic E-state index is 15.1. The summed E-state index contributed by atoms with van der Waals surface area (Å²) in [6, 6.07) is 11.5. The number of fused-ring (bicyclic) bond motifs is 1. The van der Waals surface area contributed by atoms with Crippen LogP contribution < -0.4 is 20.5 Å². The summed E-state index contributed by atoms with van der Waals surface area (Å²) in [6.07, 6.45) is 0.772. The van der Waals surface area contributed by atoms with Gasteiger partial charge in [-0.2, -0.15) is 0 Å². The van der Waals surface area contributed by atoms with Crippen molar-refractivity contribution >= 4 is 40.7 Å². The Morgan fingerprint density at radius 3 is 2.32 bits per heavy atom. The molecule has 37 heavy (non-hydrogen) atoms. The molecule has 1 atom stereocenters. The first-order valence-corrected chi connectivity index (χ1v) is 12.3. The number of halogens is 2. The molecule has 0 saturated carbocycles. The van der Waals surface area contributed by atoms with Crippen molar-refractivity contribution in [2.75, 3.05) is 6.61 Å². The van der Waals surface area contributed by atoms with Gasteiger partial charge in [-0.3, -0.25) is 9.36 Å². The molecule has 2 aromatic carbocycles. The molecule has 0 unspecified atom stereocenters. The SMILES string of the molecule is CCOC(=O)C1=C(N)n2c(s/c(=C\c3ccccc3F)c2=O)=C(C(=O)OC(C)C)[C@@H]1c1ccccc1F. The van der Waals surface area contributed by atoms with Crippen molar-refractivity contribution in [2.45, 2.75) is 32.8 Å². The number of hydrogen-bond acceptors (Lipinski definition) is 7. The van der Waals surface area contributed by atoms with Gasteiger partial charge in [-0.05, 0) is 39.0 Å². The predicted molar refractivity (Wildman–Crippen MR) is 136 cm³/mol. The Balaban J connectivity index is 2.15. The largest absolute Gasteiger partial charge is 0.463 e. The van der Waals surface area contributed by atoms with Gasteiger partial charge in [0.1, 0.15) is 22.1 Å². The van der Waals surface area contributed by atoms with Crippen LogP contribution in [-0.2, 0) is 19.1 Å². The Hall–Kier alpha value is -4.05. The summed E-state index contributed by atoms with van der Waals surface area (Å²) in [6.45, 7) is 4.82. The van der Waals surface area contributed by atoms with Gasteiger partial charge >= 0.3 is 11.9 Å². The fourth-order valence-corrected chi connectivity index (χ4v) is 5.24. The Bertz CT molecular complexity index is 1600. The minimum atomic E-state index is -1.31. The highest BCUT2D eigenvalue weighted by Gasteiger charge is 2.41. The number of benzene rings is 2. The molecule has 0 spiro atoms. The van der Waals surface area contributed by atoms with E-state index in [4.69, 9.17) is 15.2 Å². The minimum Gasteiger partial charge on any atom is -0.463 e. The fourth-order valence-electron chi connectivity index (χ4n) is 4.09. The monoisotopic (exact) mass is 526 g/mol. The highest BCUT2D eigenvalue weighted by atomic mass is 32.1. The van der Waals surface area contributed by atoms with E-state index >= 15 is 4.39 Å². The zero-order valence-corrected chi connectivity index (χ0v) is 21.1. The lowest BCUT2D eigenvalue weighted by atomic mass is 9.83. The van der Waals surface area contributed by atoms with Crippen molar-refractivity contribution in [3.05, 3.63) is 96.4 Å². The lowest BCUT2D eigenvalue weighted by Crippen LogP contribution is -2.42.